The fraction of sp³-hybridized carbons (Fsp3) is 0.400. The van der Waals surface area contributed by atoms with Crippen LogP contribution in [-0.4, -0.2) is 23.7 Å². The number of hydroxylamine groups is 1. The van der Waals surface area contributed by atoms with Crippen molar-refractivity contribution in [1.29, 1.82) is 0 Å². The average Bonchev–Trinajstić information content (AvgIpc) is 2.21. The minimum absolute atomic E-state index is 0.305. The molecule has 0 saturated heterocycles. The minimum Gasteiger partial charge on any atom is -0.326 e. The lowest BCUT2D eigenvalue weighted by Gasteiger charge is -2.08. The normalized spacial score (nSPS) is 11.4. The molecule has 18 heavy (non-hydrogen) atoms. The van der Waals surface area contributed by atoms with Crippen molar-refractivity contribution < 1.29 is 22.8 Å². The second-order valence-electron chi connectivity index (χ2n) is 3.66. The van der Waals surface area contributed by atoms with Crippen LogP contribution in [0.15, 0.2) is 10.9 Å². The monoisotopic (exact) mass is 264 g/mol. The third-order valence-corrected chi connectivity index (χ3v) is 2.14. The Kier molecular flexibility index (Phi) is 4.12. The molecule has 1 amide bonds. The van der Waals surface area contributed by atoms with Gasteiger partial charge in [0.2, 0.25) is 0 Å². The SMILES string of the molecule is Cc1cc(C(=O)NOCC(F)(F)F)c(=O)[nH]c1C. The van der Waals surface area contributed by atoms with Gasteiger partial charge in [0, 0.05) is 5.69 Å². The molecule has 0 radical (unpaired) electrons. The summed E-state index contributed by atoms with van der Waals surface area (Å²) in [6.07, 6.45) is -4.55. The zero-order valence-corrected chi connectivity index (χ0v) is 9.64. The molecule has 5 nitrogen and oxygen atoms in total. The van der Waals surface area contributed by atoms with Gasteiger partial charge in [-0.2, -0.15) is 13.2 Å². The molecule has 0 unspecified atom stereocenters. The highest BCUT2D eigenvalue weighted by Gasteiger charge is 2.28. The molecule has 0 spiro atoms. The predicted molar refractivity (Wildman–Crippen MR) is 56.0 cm³/mol. The first-order valence-electron chi connectivity index (χ1n) is 4.90. The number of carbonyl (C=O) groups is 1. The molecule has 0 aliphatic carbocycles. The highest BCUT2D eigenvalue weighted by molar-refractivity contribution is 5.93. The number of aromatic amines is 1. The van der Waals surface area contributed by atoms with Crippen molar-refractivity contribution in [3.63, 3.8) is 0 Å². The largest absolute Gasteiger partial charge is 0.414 e. The van der Waals surface area contributed by atoms with Crippen molar-refractivity contribution >= 4 is 5.91 Å². The van der Waals surface area contributed by atoms with Crippen molar-refractivity contribution in [2.45, 2.75) is 20.0 Å². The lowest BCUT2D eigenvalue weighted by Crippen LogP contribution is -2.33. The number of alkyl halides is 3. The van der Waals surface area contributed by atoms with Gasteiger partial charge < -0.3 is 4.98 Å². The molecule has 100 valence electrons. The number of hydrogen-bond acceptors (Lipinski definition) is 3. The van der Waals surface area contributed by atoms with E-state index in [1.54, 1.807) is 19.3 Å². The molecule has 0 aliphatic rings. The number of rotatable bonds is 3. The number of aromatic nitrogens is 1. The molecule has 0 fully saturated rings. The highest BCUT2D eigenvalue weighted by Crippen LogP contribution is 2.13. The van der Waals surface area contributed by atoms with Crippen LogP contribution in [0.25, 0.3) is 0 Å². The smallest absolute Gasteiger partial charge is 0.326 e. The van der Waals surface area contributed by atoms with E-state index < -0.39 is 24.2 Å². The molecular formula is C10H11F3N2O3. The van der Waals surface area contributed by atoms with Gasteiger partial charge in [-0.1, -0.05) is 0 Å². The summed E-state index contributed by atoms with van der Waals surface area (Å²) < 4.78 is 35.3. The van der Waals surface area contributed by atoms with Crippen LogP contribution in [-0.2, 0) is 4.84 Å². The maximum Gasteiger partial charge on any atom is 0.414 e. The number of nitrogens with one attached hydrogen (secondary N) is 2. The lowest BCUT2D eigenvalue weighted by molar-refractivity contribution is -0.184. The Morgan fingerprint density at radius 1 is 1.44 bits per heavy atom. The van der Waals surface area contributed by atoms with E-state index in [1.165, 1.54) is 6.07 Å². The van der Waals surface area contributed by atoms with E-state index in [9.17, 15) is 22.8 Å². The van der Waals surface area contributed by atoms with Gasteiger partial charge in [-0.3, -0.25) is 14.4 Å². The van der Waals surface area contributed by atoms with Crippen molar-refractivity contribution in [2.75, 3.05) is 6.61 Å². The van der Waals surface area contributed by atoms with Crippen LogP contribution in [0.1, 0.15) is 21.6 Å². The molecule has 1 aromatic heterocycles. The number of pyridine rings is 1. The van der Waals surface area contributed by atoms with E-state index in [4.69, 9.17) is 0 Å². The van der Waals surface area contributed by atoms with Crippen molar-refractivity contribution in [2.24, 2.45) is 0 Å². The van der Waals surface area contributed by atoms with Gasteiger partial charge in [-0.05, 0) is 25.5 Å². The first-order chi connectivity index (χ1) is 8.20. The van der Waals surface area contributed by atoms with Gasteiger partial charge in [0.05, 0.1) is 0 Å². The van der Waals surface area contributed by atoms with E-state index in [2.05, 4.69) is 9.82 Å². The summed E-state index contributed by atoms with van der Waals surface area (Å²) in [4.78, 5) is 29.2. The Balaban J connectivity index is 2.74. The lowest BCUT2D eigenvalue weighted by atomic mass is 10.1. The summed E-state index contributed by atoms with van der Waals surface area (Å²) in [7, 11) is 0. The van der Waals surface area contributed by atoms with E-state index in [1.807, 2.05) is 0 Å². The number of amides is 1. The number of hydrogen-bond donors (Lipinski definition) is 2. The summed E-state index contributed by atoms with van der Waals surface area (Å²) in [5.74, 6) is -1.02. The van der Waals surface area contributed by atoms with Crippen LogP contribution in [0.5, 0.6) is 0 Å². The van der Waals surface area contributed by atoms with Crippen molar-refractivity contribution in [3.8, 4) is 0 Å². The van der Waals surface area contributed by atoms with Crippen LogP contribution >= 0.6 is 0 Å². The molecule has 1 aromatic rings. The maximum atomic E-state index is 11.8. The Hall–Kier alpha value is -1.83. The number of halogens is 3. The Bertz CT molecular complexity index is 508. The molecular weight excluding hydrogens is 253 g/mol. The van der Waals surface area contributed by atoms with Gasteiger partial charge in [-0.15, -0.1) is 0 Å². The Morgan fingerprint density at radius 3 is 2.61 bits per heavy atom. The number of carbonyl (C=O) groups excluding carboxylic acids is 1. The van der Waals surface area contributed by atoms with E-state index >= 15 is 0 Å². The molecule has 0 aliphatic heterocycles. The Labute approximate surface area is 99.9 Å². The molecule has 0 bridgehead atoms. The number of H-pyrrole nitrogens is 1. The predicted octanol–water partition coefficient (Wildman–Crippen LogP) is 1.22. The van der Waals surface area contributed by atoms with Gasteiger partial charge in [0.15, 0.2) is 6.61 Å². The average molecular weight is 264 g/mol. The fourth-order valence-corrected chi connectivity index (χ4v) is 1.13. The topological polar surface area (TPSA) is 71.2 Å². The zero-order valence-electron chi connectivity index (χ0n) is 9.64. The summed E-state index contributed by atoms with van der Waals surface area (Å²) in [6, 6.07) is 1.28. The van der Waals surface area contributed by atoms with Crippen molar-refractivity contribution in [3.05, 3.63) is 33.2 Å². The van der Waals surface area contributed by atoms with Crippen LogP contribution in [0.4, 0.5) is 13.2 Å². The van der Waals surface area contributed by atoms with Gasteiger partial charge >= 0.3 is 6.18 Å². The summed E-state index contributed by atoms with van der Waals surface area (Å²) in [5.41, 5.74) is 1.78. The quantitative estimate of drug-likeness (QED) is 0.806. The zero-order chi connectivity index (χ0) is 13.9. The summed E-state index contributed by atoms with van der Waals surface area (Å²) in [6.45, 7) is 1.67. The third-order valence-electron chi connectivity index (χ3n) is 2.14. The standard InChI is InChI=1S/C10H11F3N2O3/c1-5-3-7(8(16)14-6(5)2)9(17)15-18-4-10(11,12)13/h3H,4H2,1-2H3,(H,14,16)(H,15,17). The second-order valence-corrected chi connectivity index (χ2v) is 3.66. The molecule has 0 aromatic carbocycles. The van der Waals surface area contributed by atoms with E-state index in [-0.39, 0.29) is 5.56 Å². The van der Waals surface area contributed by atoms with E-state index in [0.717, 1.165) is 0 Å². The van der Waals surface area contributed by atoms with Gasteiger partial charge in [0.25, 0.3) is 11.5 Å². The summed E-state index contributed by atoms with van der Waals surface area (Å²) >= 11 is 0. The molecule has 0 saturated carbocycles. The molecule has 1 heterocycles. The van der Waals surface area contributed by atoms with Crippen molar-refractivity contribution in [1.82, 2.24) is 10.5 Å². The first kappa shape index (κ1) is 14.2. The second kappa shape index (κ2) is 5.21. The fourth-order valence-electron chi connectivity index (χ4n) is 1.13. The molecule has 1 rings (SSSR count). The van der Waals surface area contributed by atoms with Crippen LogP contribution in [0.3, 0.4) is 0 Å². The molecule has 8 heteroatoms. The first-order valence-corrected chi connectivity index (χ1v) is 4.90. The number of aryl methyl sites for hydroxylation is 2. The van der Waals surface area contributed by atoms with Crippen LogP contribution < -0.4 is 11.0 Å². The maximum absolute atomic E-state index is 11.8. The third kappa shape index (κ3) is 3.88. The molecule has 2 N–H and O–H groups in total. The molecule has 0 atom stereocenters. The van der Waals surface area contributed by atoms with Gasteiger partial charge in [0.1, 0.15) is 5.56 Å². The minimum atomic E-state index is -4.55. The highest BCUT2D eigenvalue weighted by atomic mass is 19.4. The Morgan fingerprint density at radius 2 is 2.06 bits per heavy atom. The van der Waals surface area contributed by atoms with Crippen LogP contribution in [0, 0.1) is 13.8 Å². The van der Waals surface area contributed by atoms with Gasteiger partial charge in [-0.25, -0.2) is 5.48 Å². The van der Waals surface area contributed by atoms with E-state index in [0.29, 0.717) is 11.3 Å². The van der Waals surface area contributed by atoms with Crippen LogP contribution in [0.2, 0.25) is 0 Å². The summed E-state index contributed by atoms with van der Waals surface area (Å²) in [5, 5.41) is 0.